The van der Waals surface area contributed by atoms with E-state index in [-0.39, 0.29) is 24.0 Å². The molecular formula is C41H37F3N4O6S. The SMILES string of the molecule is O=C1CCC(N2Cc3cc(N4CCN(CCCOc5ccc(Oc6c(-c7ccc(C(F)(F)F)cc7)sc7cc(O)ccc67)cc5)CC4)ccc3C2=O)C(=O)N1. The zero-order chi connectivity index (χ0) is 38.3. The quantitative estimate of drug-likeness (QED) is 0.111. The molecule has 2 saturated heterocycles. The topological polar surface area (TPSA) is 112 Å². The van der Waals surface area contributed by atoms with Gasteiger partial charge in [0.2, 0.25) is 11.8 Å². The Hall–Kier alpha value is -5.60. The van der Waals surface area contributed by atoms with Crippen molar-refractivity contribution < 1.29 is 42.1 Å². The van der Waals surface area contributed by atoms with Crippen LogP contribution in [0.15, 0.2) is 84.9 Å². The van der Waals surface area contributed by atoms with Crippen LogP contribution in [0.5, 0.6) is 23.0 Å². The van der Waals surface area contributed by atoms with Crippen LogP contribution in [0.1, 0.15) is 40.7 Å². The molecule has 0 aliphatic carbocycles. The van der Waals surface area contributed by atoms with Gasteiger partial charge in [0, 0.05) is 67.0 Å². The molecule has 3 aliphatic rings. The third-order valence-electron chi connectivity index (χ3n) is 10.3. The molecule has 10 nitrogen and oxygen atoms in total. The van der Waals surface area contributed by atoms with Crippen molar-refractivity contribution in [2.24, 2.45) is 0 Å². The van der Waals surface area contributed by atoms with Crippen LogP contribution in [0.25, 0.3) is 20.5 Å². The van der Waals surface area contributed by atoms with E-state index in [1.165, 1.54) is 23.5 Å². The number of amides is 3. The lowest BCUT2D eigenvalue weighted by molar-refractivity contribution is -0.138. The number of anilines is 1. The summed E-state index contributed by atoms with van der Waals surface area (Å²) in [4.78, 5) is 44.0. The van der Waals surface area contributed by atoms with Crippen LogP contribution < -0.4 is 19.7 Å². The monoisotopic (exact) mass is 770 g/mol. The standard InChI is InChI=1S/C41H37F3N4O6S/c42-41(43,44)27-4-2-25(3-5-27)38-37(33-13-7-29(49)23-35(33)55-38)54-31-10-8-30(9-11-31)53-21-1-16-46-17-19-47(20-18-46)28-6-12-32-26(22-28)24-48(40(32)52)34-14-15-36(50)45-39(34)51/h2-13,22-23,34,49H,1,14-21,24H2,(H,45,50,51). The fraction of sp³-hybridized carbons (Fsp3) is 0.293. The van der Waals surface area contributed by atoms with Crippen molar-refractivity contribution >= 4 is 44.8 Å². The van der Waals surface area contributed by atoms with Crippen LogP contribution in [-0.2, 0) is 22.3 Å². The Labute approximate surface area is 318 Å². The van der Waals surface area contributed by atoms with Gasteiger partial charge in [-0.15, -0.1) is 11.3 Å². The molecule has 0 spiro atoms. The van der Waals surface area contributed by atoms with E-state index in [0.29, 0.717) is 52.8 Å². The number of ether oxygens (including phenoxy) is 2. The fourth-order valence-electron chi connectivity index (χ4n) is 7.35. The van der Waals surface area contributed by atoms with E-state index in [1.54, 1.807) is 35.2 Å². The van der Waals surface area contributed by atoms with Crippen LogP contribution in [0.2, 0.25) is 0 Å². The van der Waals surface area contributed by atoms with Crippen molar-refractivity contribution in [2.75, 3.05) is 44.2 Å². The number of fused-ring (bicyclic) bond motifs is 2. The number of phenolic OH excluding ortho intramolecular Hbond substituents is 1. The predicted molar refractivity (Wildman–Crippen MR) is 202 cm³/mol. The number of hydrogen-bond acceptors (Lipinski definition) is 9. The van der Waals surface area contributed by atoms with Crippen molar-refractivity contribution in [1.82, 2.24) is 15.1 Å². The summed E-state index contributed by atoms with van der Waals surface area (Å²) in [6.45, 7) is 5.21. The summed E-state index contributed by atoms with van der Waals surface area (Å²) in [5, 5.41) is 13.1. The van der Waals surface area contributed by atoms with Crippen molar-refractivity contribution in [1.29, 1.82) is 0 Å². The van der Waals surface area contributed by atoms with E-state index in [0.717, 1.165) is 72.6 Å². The maximum Gasteiger partial charge on any atom is 0.416 e. The van der Waals surface area contributed by atoms with Gasteiger partial charge in [-0.25, -0.2) is 0 Å². The minimum absolute atomic E-state index is 0.0837. The lowest BCUT2D eigenvalue weighted by Gasteiger charge is -2.36. The Morgan fingerprint density at radius 2 is 1.62 bits per heavy atom. The van der Waals surface area contributed by atoms with Gasteiger partial charge in [0.25, 0.3) is 5.91 Å². The zero-order valence-electron chi connectivity index (χ0n) is 29.6. The molecule has 0 bridgehead atoms. The van der Waals surface area contributed by atoms with Crippen molar-refractivity contribution in [3.8, 4) is 33.4 Å². The Bertz CT molecular complexity index is 2250. The van der Waals surface area contributed by atoms with Crippen molar-refractivity contribution in [3.05, 3.63) is 102 Å². The smallest absolute Gasteiger partial charge is 0.416 e. The number of aromatic hydroxyl groups is 1. The summed E-state index contributed by atoms with van der Waals surface area (Å²) < 4.78 is 52.7. The van der Waals surface area contributed by atoms with Gasteiger partial charge >= 0.3 is 6.18 Å². The fourth-order valence-corrected chi connectivity index (χ4v) is 8.52. The molecule has 4 heterocycles. The number of halogens is 3. The van der Waals surface area contributed by atoms with Gasteiger partial charge < -0.3 is 24.4 Å². The van der Waals surface area contributed by atoms with Gasteiger partial charge in [-0.2, -0.15) is 13.2 Å². The summed E-state index contributed by atoms with van der Waals surface area (Å²) in [5.41, 5.74) is 2.40. The number of hydrogen-bond donors (Lipinski definition) is 2. The Morgan fingerprint density at radius 3 is 2.35 bits per heavy atom. The summed E-state index contributed by atoms with van der Waals surface area (Å²) in [5.74, 6) is 0.920. The van der Waals surface area contributed by atoms with Gasteiger partial charge in [-0.05, 0) is 96.8 Å². The molecule has 14 heteroatoms. The molecule has 1 atom stereocenters. The molecule has 1 unspecified atom stereocenters. The van der Waals surface area contributed by atoms with Crippen LogP contribution in [0.3, 0.4) is 0 Å². The van der Waals surface area contributed by atoms with Crippen LogP contribution in [0, 0.1) is 0 Å². The number of nitrogens with zero attached hydrogens (tertiary/aromatic N) is 3. The number of nitrogens with one attached hydrogen (secondary N) is 1. The number of thiophene rings is 1. The molecule has 1 aromatic heterocycles. The molecular weight excluding hydrogens is 734 g/mol. The van der Waals surface area contributed by atoms with E-state index in [1.807, 2.05) is 30.3 Å². The second-order valence-electron chi connectivity index (χ2n) is 13.9. The number of rotatable bonds is 10. The highest BCUT2D eigenvalue weighted by molar-refractivity contribution is 7.22. The van der Waals surface area contributed by atoms with E-state index in [9.17, 15) is 32.7 Å². The lowest BCUT2D eigenvalue weighted by atomic mass is 10.0. The number of carbonyl (C=O) groups is 3. The van der Waals surface area contributed by atoms with E-state index in [4.69, 9.17) is 9.47 Å². The first-order chi connectivity index (χ1) is 26.5. The number of piperidine rings is 1. The number of alkyl halides is 3. The van der Waals surface area contributed by atoms with Gasteiger partial charge in [0.1, 0.15) is 23.3 Å². The van der Waals surface area contributed by atoms with Gasteiger partial charge in [-0.3, -0.25) is 24.6 Å². The number of phenols is 1. The van der Waals surface area contributed by atoms with E-state index in [2.05, 4.69) is 15.1 Å². The number of imide groups is 1. The normalized spacial score (nSPS) is 17.8. The van der Waals surface area contributed by atoms with E-state index >= 15 is 0 Å². The highest BCUT2D eigenvalue weighted by Gasteiger charge is 2.39. The molecule has 2 fully saturated rings. The molecule has 5 aromatic rings. The largest absolute Gasteiger partial charge is 0.508 e. The molecule has 4 aromatic carbocycles. The summed E-state index contributed by atoms with van der Waals surface area (Å²) in [7, 11) is 0. The van der Waals surface area contributed by atoms with Crippen molar-refractivity contribution in [3.63, 3.8) is 0 Å². The average Bonchev–Trinajstić information content (AvgIpc) is 3.69. The van der Waals surface area contributed by atoms with E-state index < -0.39 is 23.7 Å². The van der Waals surface area contributed by atoms with Crippen LogP contribution in [-0.4, -0.2) is 78.0 Å². The minimum atomic E-state index is -4.44. The molecule has 8 rings (SSSR count). The number of carbonyl (C=O) groups excluding carboxylic acids is 3. The first kappa shape index (κ1) is 36.4. The Balaban J connectivity index is 0.819. The lowest BCUT2D eigenvalue weighted by Crippen LogP contribution is -2.52. The predicted octanol–water partition coefficient (Wildman–Crippen LogP) is 7.44. The zero-order valence-corrected chi connectivity index (χ0v) is 30.4. The Morgan fingerprint density at radius 1 is 0.873 bits per heavy atom. The molecule has 3 aliphatic heterocycles. The highest BCUT2D eigenvalue weighted by atomic mass is 32.1. The third kappa shape index (κ3) is 7.69. The highest BCUT2D eigenvalue weighted by Crippen LogP contribution is 2.47. The molecule has 0 saturated carbocycles. The maximum absolute atomic E-state index is 13.2. The minimum Gasteiger partial charge on any atom is -0.508 e. The molecule has 55 heavy (non-hydrogen) atoms. The first-order valence-corrected chi connectivity index (χ1v) is 18.9. The van der Waals surface area contributed by atoms with Crippen LogP contribution >= 0.6 is 11.3 Å². The summed E-state index contributed by atoms with van der Waals surface area (Å²) in [6.07, 6.45) is -3.04. The molecule has 0 radical (unpaired) electrons. The van der Waals surface area contributed by atoms with Gasteiger partial charge in [-0.1, -0.05) is 12.1 Å². The third-order valence-corrected chi connectivity index (χ3v) is 11.5. The van der Waals surface area contributed by atoms with Gasteiger partial charge in [0.05, 0.1) is 17.0 Å². The van der Waals surface area contributed by atoms with Gasteiger partial charge in [0.15, 0.2) is 5.75 Å². The second-order valence-corrected chi connectivity index (χ2v) is 14.9. The molecule has 2 N–H and O–H groups in total. The Kier molecular flexibility index (Phi) is 9.86. The average molecular weight is 771 g/mol. The molecule has 284 valence electrons. The van der Waals surface area contributed by atoms with Crippen molar-refractivity contribution in [2.45, 2.75) is 38.0 Å². The summed E-state index contributed by atoms with van der Waals surface area (Å²) >= 11 is 1.33. The summed E-state index contributed by atoms with van der Waals surface area (Å²) in [6, 6.07) is 22.3. The second kappa shape index (κ2) is 14.9. The number of piperazine rings is 1. The number of benzene rings is 4. The molecule has 3 amide bonds. The first-order valence-electron chi connectivity index (χ1n) is 18.1. The van der Waals surface area contributed by atoms with Crippen LogP contribution in [0.4, 0.5) is 18.9 Å². The maximum atomic E-state index is 13.2.